The fraction of sp³-hybridized carbons (Fsp3) is 0.208. The molecule has 0 saturated heterocycles. The molecular formula is C24H24N4O5. The lowest BCUT2D eigenvalue weighted by Gasteiger charge is -2.27. The van der Waals surface area contributed by atoms with Crippen LogP contribution in [0.3, 0.4) is 0 Å². The Kier molecular flexibility index (Phi) is 6.03. The Labute approximate surface area is 191 Å². The Morgan fingerprint density at radius 2 is 1.76 bits per heavy atom. The van der Waals surface area contributed by atoms with Crippen LogP contribution >= 0.6 is 0 Å². The highest BCUT2D eigenvalue weighted by atomic mass is 16.5. The summed E-state index contributed by atoms with van der Waals surface area (Å²) in [6, 6.07) is 13.8. The summed E-state index contributed by atoms with van der Waals surface area (Å²) in [4.78, 5) is 24.9. The molecule has 1 aliphatic rings. The first-order valence-corrected chi connectivity index (χ1v) is 10.2. The zero-order valence-corrected chi connectivity index (χ0v) is 18.7. The Morgan fingerprint density at radius 3 is 2.42 bits per heavy atom. The topological polar surface area (TPSA) is 104 Å². The zero-order chi connectivity index (χ0) is 23.5. The Morgan fingerprint density at radius 1 is 1.03 bits per heavy atom. The van der Waals surface area contributed by atoms with Crippen LogP contribution < -0.4 is 20.1 Å². The number of carbonyl (C=O) groups is 2. The summed E-state index contributed by atoms with van der Waals surface area (Å²) in [5.74, 6) is 0.603. The van der Waals surface area contributed by atoms with Crippen molar-refractivity contribution in [3.05, 3.63) is 71.6 Å². The van der Waals surface area contributed by atoms with Gasteiger partial charge in [-0.1, -0.05) is 30.3 Å². The van der Waals surface area contributed by atoms with Crippen LogP contribution in [-0.4, -0.2) is 43.1 Å². The van der Waals surface area contributed by atoms with Gasteiger partial charge >= 0.3 is 12.0 Å². The van der Waals surface area contributed by atoms with Gasteiger partial charge < -0.3 is 24.8 Å². The number of urea groups is 1. The van der Waals surface area contributed by atoms with Crippen LogP contribution in [0.1, 0.15) is 18.5 Å². The normalized spacial score (nSPS) is 15.5. The van der Waals surface area contributed by atoms with Crippen LogP contribution in [0.4, 0.5) is 4.79 Å². The molecule has 0 saturated carbocycles. The van der Waals surface area contributed by atoms with Gasteiger partial charge in [0.05, 0.1) is 44.3 Å². The van der Waals surface area contributed by atoms with Gasteiger partial charge in [-0.15, -0.1) is 0 Å². The quantitative estimate of drug-likeness (QED) is 0.561. The first-order chi connectivity index (χ1) is 16.0. The van der Waals surface area contributed by atoms with E-state index in [1.165, 1.54) is 7.11 Å². The lowest BCUT2D eigenvalue weighted by atomic mass is 9.94. The Bertz CT molecular complexity index is 1230. The molecule has 9 nitrogen and oxygen atoms in total. The minimum absolute atomic E-state index is 0.307. The van der Waals surface area contributed by atoms with E-state index in [9.17, 15) is 9.59 Å². The summed E-state index contributed by atoms with van der Waals surface area (Å²) in [5.41, 5.74) is 3.55. The molecule has 2 amide bonds. The zero-order valence-electron chi connectivity index (χ0n) is 18.7. The minimum atomic E-state index is -0.754. The van der Waals surface area contributed by atoms with Gasteiger partial charge in [0, 0.05) is 29.1 Å². The number of nitrogens with zero attached hydrogens (tertiary/aromatic N) is 2. The van der Waals surface area contributed by atoms with Crippen LogP contribution in [0.15, 0.2) is 66.0 Å². The highest BCUT2D eigenvalue weighted by Crippen LogP contribution is 2.36. The highest BCUT2D eigenvalue weighted by Gasteiger charge is 2.35. The predicted molar refractivity (Wildman–Crippen MR) is 121 cm³/mol. The number of amides is 2. The molecule has 0 aliphatic carbocycles. The van der Waals surface area contributed by atoms with Crippen molar-refractivity contribution in [1.82, 2.24) is 20.4 Å². The van der Waals surface area contributed by atoms with Crippen molar-refractivity contribution in [2.24, 2.45) is 0 Å². The lowest BCUT2D eigenvalue weighted by Crippen LogP contribution is -2.45. The molecule has 0 fully saturated rings. The molecule has 0 spiro atoms. The number of rotatable bonds is 6. The second-order valence-electron chi connectivity index (χ2n) is 7.34. The monoisotopic (exact) mass is 448 g/mol. The third-order valence-corrected chi connectivity index (χ3v) is 5.41. The maximum atomic E-state index is 12.6. The molecule has 0 bridgehead atoms. The molecule has 0 radical (unpaired) electrons. The molecule has 1 aromatic heterocycles. The summed E-state index contributed by atoms with van der Waals surface area (Å²) in [5, 5.41) is 10.3. The summed E-state index contributed by atoms with van der Waals surface area (Å²) in [6.45, 7) is 1.67. The van der Waals surface area contributed by atoms with Crippen molar-refractivity contribution in [2.45, 2.75) is 13.0 Å². The van der Waals surface area contributed by atoms with E-state index in [4.69, 9.17) is 19.3 Å². The lowest BCUT2D eigenvalue weighted by molar-refractivity contribution is -0.136. The number of ether oxygens (including phenoxy) is 3. The number of aromatic nitrogens is 2. The standard InChI is InChI=1S/C24H24N4O5/c1-14-20(23(29)33-4)22(26-24(30)25-14)17-13-28(27-21(17)15-8-6-5-7-9-15)16-10-11-18(31-2)19(12-16)32-3/h5-13,22H,1-4H3,(H2,25,26,30). The van der Waals surface area contributed by atoms with E-state index in [0.29, 0.717) is 34.0 Å². The molecule has 3 aromatic rings. The van der Waals surface area contributed by atoms with E-state index in [2.05, 4.69) is 10.6 Å². The fourth-order valence-corrected chi connectivity index (χ4v) is 3.83. The van der Waals surface area contributed by atoms with Crippen molar-refractivity contribution < 1.29 is 23.8 Å². The molecule has 1 atom stereocenters. The van der Waals surface area contributed by atoms with Gasteiger partial charge in [0.15, 0.2) is 11.5 Å². The second-order valence-corrected chi connectivity index (χ2v) is 7.34. The van der Waals surface area contributed by atoms with Crippen LogP contribution in [0.5, 0.6) is 11.5 Å². The van der Waals surface area contributed by atoms with E-state index in [-0.39, 0.29) is 0 Å². The number of nitrogens with one attached hydrogen (secondary N) is 2. The van der Waals surface area contributed by atoms with Gasteiger partial charge in [-0.25, -0.2) is 14.3 Å². The van der Waals surface area contributed by atoms with Crippen molar-refractivity contribution >= 4 is 12.0 Å². The van der Waals surface area contributed by atoms with Gasteiger partial charge in [-0.2, -0.15) is 5.10 Å². The Balaban J connectivity index is 1.91. The highest BCUT2D eigenvalue weighted by molar-refractivity contribution is 5.95. The van der Waals surface area contributed by atoms with Crippen molar-refractivity contribution in [3.63, 3.8) is 0 Å². The van der Waals surface area contributed by atoms with Gasteiger partial charge in [0.1, 0.15) is 0 Å². The molecule has 4 rings (SSSR count). The molecule has 2 N–H and O–H groups in total. The van der Waals surface area contributed by atoms with Gasteiger partial charge in [0.25, 0.3) is 0 Å². The van der Waals surface area contributed by atoms with E-state index < -0.39 is 18.0 Å². The number of hydrogen-bond acceptors (Lipinski definition) is 6. The number of methoxy groups -OCH3 is 3. The number of hydrogen-bond donors (Lipinski definition) is 2. The first kappa shape index (κ1) is 21.9. The number of carbonyl (C=O) groups excluding carboxylic acids is 2. The predicted octanol–water partition coefficient (Wildman–Crippen LogP) is 3.36. The maximum Gasteiger partial charge on any atom is 0.337 e. The fourth-order valence-electron chi connectivity index (χ4n) is 3.83. The van der Waals surface area contributed by atoms with Crippen molar-refractivity contribution in [1.29, 1.82) is 0 Å². The van der Waals surface area contributed by atoms with E-state index in [0.717, 1.165) is 11.3 Å². The first-order valence-electron chi connectivity index (χ1n) is 10.2. The van der Waals surface area contributed by atoms with Crippen molar-refractivity contribution in [2.75, 3.05) is 21.3 Å². The van der Waals surface area contributed by atoms with Gasteiger partial charge in [-0.3, -0.25) is 0 Å². The maximum absolute atomic E-state index is 12.6. The summed E-state index contributed by atoms with van der Waals surface area (Å²) in [7, 11) is 4.44. The SMILES string of the molecule is COC(=O)C1=C(C)NC(=O)NC1c1cn(-c2ccc(OC)c(OC)c2)nc1-c1ccccc1. The summed E-state index contributed by atoms with van der Waals surface area (Å²) >= 11 is 0. The minimum Gasteiger partial charge on any atom is -0.493 e. The molecule has 1 aliphatic heterocycles. The molecule has 9 heteroatoms. The number of esters is 1. The average molecular weight is 448 g/mol. The van der Waals surface area contributed by atoms with Crippen molar-refractivity contribution in [3.8, 4) is 28.4 Å². The average Bonchev–Trinajstić information content (AvgIpc) is 3.28. The van der Waals surface area contributed by atoms with Gasteiger partial charge in [0.2, 0.25) is 0 Å². The smallest absolute Gasteiger partial charge is 0.337 e. The molecule has 1 unspecified atom stereocenters. The third-order valence-electron chi connectivity index (χ3n) is 5.41. The van der Waals surface area contributed by atoms with Crippen LogP contribution in [-0.2, 0) is 9.53 Å². The number of allylic oxidation sites excluding steroid dienone is 1. The molecule has 2 heterocycles. The van der Waals surface area contributed by atoms with Crippen LogP contribution in [0, 0.1) is 0 Å². The Hall–Kier alpha value is -4.27. The molecular weight excluding hydrogens is 424 g/mol. The molecule has 170 valence electrons. The second kappa shape index (κ2) is 9.07. The summed E-state index contributed by atoms with van der Waals surface area (Å²) in [6.07, 6.45) is 1.79. The molecule has 2 aromatic carbocycles. The van der Waals surface area contributed by atoms with Gasteiger partial charge in [-0.05, 0) is 19.1 Å². The van der Waals surface area contributed by atoms with Crippen LogP contribution in [0.2, 0.25) is 0 Å². The van der Waals surface area contributed by atoms with E-state index >= 15 is 0 Å². The van der Waals surface area contributed by atoms with Crippen LogP contribution in [0.25, 0.3) is 16.9 Å². The number of benzene rings is 2. The largest absolute Gasteiger partial charge is 0.493 e. The summed E-state index contributed by atoms with van der Waals surface area (Å²) < 4.78 is 17.4. The van der Waals surface area contributed by atoms with E-state index in [1.807, 2.05) is 36.4 Å². The molecule has 33 heavy (non-hydrogen) atoms. The van der Waals surface area contributed by atoms with E-state index in [1.54, 1.807) is 44.2 Å². The third kappa shape index (κ3) is 4.12.